The van der Waals surface area contributed by atoms with Gasteiger partial charge in [0.05, 0.1) is 0 Å². The largest absolute Gasteiger partial charge is 0.0993 e. The second-order valence-electron chi connectivity index (χ2n) is 5.83. The molecule has 0 saturated carbocycles. The van der Waals surface area contributed by atoms with Gasteiger partial charge in [-0.3, -0.25) is 0 Å². The molecule has 0 aliphatic carbocycles. The number of hydrogen-bond acceptors (Lipinski definition) is 0. The summed E-state index contributed by atoms with van der Waals surface area (Å²) in [5.74, 6) is 0. The number of aryl methyl sites for hydroxylation is 1. The molecule has 1 rings (SSSR count). The van der Waals surface area contributed by atoms with Crippen molar-refractivity contribution < 1.29 is 0 Å². The van der Waals surface area contributed by atoms with E-state index < -0.39 is 0 Å². The molecule has 17 heavy (non-hydrogen) atoms. The third kappa shape index (κ3) is 4.22. The van der Waals surface area contributed by atoms with Crippen molar-refractivity contribution in [3.63, 3.8) is 0 Å². The van der Waals surface area contributed by atoms with Gasteiger partial charge in [-0.1, -0.05) is 69.3 Å². The molecule has 0 nitrogen and oxygen atoms in total. The van der Waals surface area contributed by atoms with Gasteiger partial charge in [0.25, 0.3) is 0 Å². The summed E-state index contributed by atoms with van der Waals surface area (Å²) in [6.45, 7) is 16.8. The van der Waals surface area contributed by atoms with Crippen LogP contribution in [0.3, 0.4) is 0 Å². The highest BCUT2D eigenvalue weighted by Gasteiger charge is 2.14. The van der Waals surface area contributed by atoms with Gasteiger partial charge in [0.15, 0.2) is 0 Å². The molecule has 1 aromatic carbocycles. The molecule has 0 spiro atoms. The Kier molecular flexibility index (Phi) is 4.34. The van der Waals surface area contributed by atoms with Crippen molar-refractivity contribution in [1.82, 2.24) is 0 Å². The van der Waals surface area contributed by atoms with E-state index in [1.807, 2.05) is 6.92 Å². The first-order valence-corrected chi connectivity index (χ1v) is 6.24. The minimum atomic E-state index is 0.220. The molecule has 0 aliphatic heterocycles. The number of hydrogen-bond donors (Lipinski definition) is 0. The van der Waals surface area contributed by atoms with Crippen LogP contribution in [0.2, 0.25) is 0 Å². The predicted molar refractivity (Wildman–Crippen MR) is 78.1 cm³/mol. The smallest absolute Gasteiger partial charge is 0.0176 e. The zero-order valence-electron chi connectivity index (χ0n) is 11.6. The predicted octanol–water partition coefficient (Wildman–Crippen LogP) is 5.25. The molecule has 0 saturated heterocycles. The summed E-state index contributed by atoms with van der Waals surface area (Å²) >= 11 is 0. The molecular weight excluding hydrogens is 204 g/mol. The molecule has 0 aromatic heterocycles. The lowest BCUT2D eigenvalue weighted by Crippen LogP contribution is -2.09. The first-order valence-electron chi connectivity index (χ1n) is 6.24. The molecule has 0 heteroatoms. The molecule has 0 radical (unpaired) electrons. The maximum absolute atomic E-state index is 4.17. The van der Waals surface area contributed by atoms with Crippen LogP contribution in [0.15, 0.2) is 43.0 Å². The van der Waals surface area contributed by atoms with E-state index in [1.54, 1.807) is 0 Å². The summed E-state index contributed by atoms with van der Waals surface area (Å²) in [5, 5.41) is 0. The van der Waals surface area contributed by atoms with Crippen LogP contribution < -0.4 is 0 Å². The van der Waals surface area contributed by atoms with Gasteiger partial charge in [-0.05, 0) is 36.3 Å². The maximum Gasteiger partial charge on any atom is -0.0176 e. The highest BCUT2D eigenvalue weighted by Crippen LogP contribution is 2.27. The van der Waals surface area contributed by atoms with Crippen molar-refractivity contribution >= 4 is 5.57 Å². The Morgan fingerprint density at radius 3 is 2.00 bits per heavy atom. The van der Waals surface area contributed by atoms with E-state index in [2.05, 4.69) is 58.2 Å². The number of allylic oxidation sites excluding steroid dienone is 2. The molecule has 0 bridgehead atoms. The Morgan fingerprint density at radius 2 is 1.59 bits per heavy atom. The van der Waals surface area contributed by atoms with E-state index in [4.69, 9.17) is 0 Å². The lowest BCUT2D eigenvalue weighted by Gasteiger charge is -2.21. The van der Waals surface area contributed by atoms with Crippen LogP contribution in [0.4, 0.5) is 0 Å². The Bertz CT molecular complexity index is 399. The lowest BCUT2D eigenvalue weighted by molar-refractivity contribution is 0.484. The quantitative estimate of drug-likeness (QED) is 0.617. The maximum atomic E-state index is 4.17. The lowest BCUT2D eigenvalue weighted by atomic mass is 9.84. The van der Waals surface area contributed by atoms with Crippen molar-refractivity contribution in [2.45, 2.75) is 40.5 Å². The molecule has 1 aromatic rings. The molecule has 0 aliphatic rings. The second-order valence-corrected chi connectivity index (χ2v) is 5.83. The molecule has 92 valence electrons. The van der Waals surface area contributed by atoms with Gasteiger partial charge in [0.1, 0.15) is 0 Å². The van der Waals surface area contributed by atoms with E-state index in [1.165, 1.54) is 16.7 Å². The van der Waals surface area contributed by atoms with Crippen LogP contribution in [-0.4, -0.2) is 0 Å². The van der Waals surface area contributed by atoms with Crippen molar-refractivity contribution in [1.29, 1.82) is 0 Å². The van der Waals surface area contributed by atoms with Crippen molar-refractivity contribution in [3.05, 3.63) is 54.1 Å². The van der Waals surface area contributed by atoms with Crippen molar-refractivity contribution in [3.8, 4) is 0 Å². The first kappa shape index (κ1) is 13.8. The average molecular weight is 228 g/mol. The third-order valence-electron chi connectivity index (χ3n) is 3.22. The molecule has 0 N–H and O–H groups in total. The van der Waals surface area contributed by atoms with Crippen LogP contribution in [-0.2, 0) is 6.42 Å². The fraction of sp³-hybridized carbons (Fsp3) is 0.412. The Labute approximate surface area is 106 Å². The summed E-state index contributed by atoms with van der Waals surface area (Å²) in [6, 6.07) is 8.69. The Hall–Kier alpha value is -1.30. The van der Waals surface area contributed by atoms with Gasteiger partial charge >= 0.3 is 0 Å². The highest BCUT2D eigenvalue weighted by atomic mass is 14.2. The van der Waals surface area contributed by atoms with E-state index in [0.717, 1.165) is 18.4 Å². The van der Waals surface area contributed by atoms with Gasteiger partial charge in [-0.25, -0.2) is 0 Å². The standard InChI is InChI=1S/C17H24/c1-13(2)16-11-9-15(10-12-16)8-7-14(3)17(4,5)6/h9-12H,1,3,7-8H2,2,4-6H3. The second kappa shape index (κ2) is 5.35. The van der Waals surface area contributed by atoms with Crippen molar-refractivity contribution in [2.24, 2.45) is 5.41 Å². The molecule has 0 fully saturated rings. The molecule has 0 amide bonds. The monoisotopic (exact) mass is 228 g/mol. The Morgan fingerprint density at radius 1 is 1.06 bits per heavy atom. The third-order valence-corrected chi connectivity index (χ3v) is 3.22. The zero-order valence-corrected chi connectivity index (χ0v) is 11.6. The van der Waals surface area contributed by atoms with E-state index in [-0.39, 0.29) is 5.41 Å². The van der Waals surface area contributed by atoms with E-state index in [9.17, 15) is 0 Å². The molecular formula is C17H24. The molecule has 0 unspecified atom stereocenters. The van der Waals surface area contributed by atoms with Gasteiger partial charge in [0, 0.05) is 0 Å². The number of benzene rings is 1. The van der Waals surface area contributed by atoms with E-state index >= 15 is 0 Å². The average Bonchev–Trinajstić information content (AvgIpc) is 2.25. The van der Waals surface area contributed by atoms with Crippen LogP contribution in [0.5, 0.6) is 0 Å². The van der Waals surface area contributed by atoms with Crippen LogP contribution in [0, 0.1) is 5.41 Å². The minimum absolute atomic E-state index is 0.220. The summed E-state index contributed by atoms with van der Waals surface area (Å²) < 4.78 is 0. The van der Waals surface area contributed by atoms with Crippen LogP contribution in [0.1, 0.15) is 45.2 Å². The summed E-state index contributed by atoms with van der Waals surface area (Å²) in [6.07, 6.45) is 2.14. The highest BCUT2D eigenvalue weighted by molar-refractivity contribution is 5.61. The summed E-state index contributed by atoms with van der Waals surface area (Å²) in [5.41, 5.74) is 5.26. The number of rotatable bonds is 4. The van der Waals surface area contributed by atoms with Gasteiger partial charge in [-0.2, -0.15) is 0 Å². The van der Waals surface area contributed by atoms with Crippen molar-refractivity contribution in [2.75, 3.05) is 0 Å². The van der Waals surface area contributed by atoms with Gasteiger partial charge in [-0.15, -0.1) is 0 Å². The van der Waals surface area contributed by atoms with E-state index in [0.29, 0.717) is 0 Å². The van der Waals surface area contributed by atoms with Crippen LogP contribution in [0.25, 0.3) is 5.57 Å². The fourth-order valence-electron chi connectivity index (χ4n) is 1.63. The normalized spacial score (nSPS) is 11.3. The fourth-order valence-corrected chi connectivity index (χ4v) is 1.63. The molecule has 0 heterocycles. The zero-order chi connectivity index (χ0) is 13.1. The van der Waals surface area contributed by atoms with Gasteiger partial charge < -0.3 is 0 Å². The Balaban J connectivity index is 2.59. The van der Waals surface area contributed by atoms with Crippen LogP contribution >= 0.6 is 0 Å². The van der Waals surface area contributed by atoms with Gasteiger partial charge in [0.2, 0.25) is 0 Å². The summed E-state index contributed by atoms with van der Waals surface area (Å²) in [4.78, 5) is 0. The minimum Gasteiger partial charge on any atom is -0.0993 e. The summed E-state index contributed by atoms with van der Waals surface area (Å²) in [7, 11) is 0. The first-order chi connectivity index (χ1) is 7.80. The topological polar surface area (TPSA) is 0 Å². The molecule has 0 atom stereocenters. The SMILES string of the molecule is C=C(C)c1ccc(CCC(=C)C(C)(C)C)cc1.